The molecule has 2 N–H and O–H groups in total. The van der Waals surface area contributed by atoms with Gasteiger partial charge >= 0.3 is 0 Å². The number of hydrogen-bond donors (Lipinski definition) is 2. The molecule has 1 saturated heterocycles. The third-order valence-corrected chi connectivity index (χ3v) is 6.64. The van der Waals surface area contributed by atoms with Crippen molar-refractivity contribution in [3.05, 3.63) is 70.6 Å². The Hall–Kier alpha value is -2.83. The van der Waals surface area contributed by atoms with Gasteiger partial charge in [0.15, 0.2) is 0 Å². The normalized spacial score (nSPS) is 18.0. The van der Waals surface area contributed by atoms with Crippen LogP contribution >= 0.6 is 11.3 Å². The lowest BCUT2D eigenvalue weighted by molar-refractivity contribution is 0.290. The molecule has 0 saturated carbocycles. The highest BCUT2D eigenvalue weighted by Crippen LogP contribution is 2.39. The van der Waals surface area contributed by atoms with Gasteiger partial charge in [-0.25, -0.2) is 4.99 Å². The van der Waals surface area contributed by atoms with Crippen molar-refractivity contribution in [1.82, 2.24) is 10.2 Å². The number of nitrogens with zero attached hydrogens (tertiary/aromatic N) is 2. The van der Waals surface area contributed by atoms with Crippen molar-refractivity contribution in [2.75, 3.05) is 32.1 Å². The van der Waals surface area contributed by atoms with Gasteiger partial charge in [0.05, 0.1) is 24.0 Å². The number of rotatable bonds is 3. The molecule has 5 nitrogen and oxygen atoms in total. The van der Waals surface area contributed by atoms with Crippen molar-refractivity contribution in [2.45, 2.75) is 19.4 Å². The summed E-state index contributed by atoms with van der Waals surface area (Å²) in [6.07, 6.45) is 0.984. The fourth-order valence-corrected chi connectivity index (χ4v) is 5.11. The van der Waals surface area contributed by atoms with Crippen LogP contribution in [0.1, 0.15) is 16.0 Å². The molecule has 2 aliphatic heterocycles. The summed E-state index contributed by atoms with van der Waals surface area (Å²) in [5, 5.41) is 8.47. The lowest BCUT2D eigenvalue weighted by Crippen LogP contribution is -2.53. The van der Waals surface area contributed by atoms with E-state index in [0.29, 0.717) is 6.04 Å². The number of amidine groups is 1. The van der Waals surface area contributed by atoms with Crippen LogP contribution in [0.4, 0.5) is 16.4 Å². The predicted molar refractivity (Wildman–Crippen MR) is 125 cm³/mol. The Labute approximate surface area is 181 Å². The number of para-hydroxylation sites is 2. The summed E-state index contributed by atoms with van der Waals surface area (Å²) in [5.41, 5.74) is 4.59. The monoisotopic (exact) mass is 418 g/mol. The Bertz CT molecular complexity index is 1070. The first kappa shape index (κ1) is 19.2. The molecule has 1 fully saturated rings. The number of aryl methyl sites for hydroxylation is 1. The van der Waals surface area contributed by atoms with Crippen LogP contribution in [0.3, 0.4) is 0 Å². The predicted octanol–water partition coefficient (Wildman–Crippen LogP) is 4.72. The quantitative estimate of drug-likeness (QED) is 0.646. The van der Waals surface area contributed by atoms with Crippen molar-refractivity contribution < 1.29 is 4.74 Å². The SMILES string of the molecule is COc1ccc(C[C@H]2CN(C3=Nc4ccccc4Nc4sc(C)cc43)CCN2)cc1. The third-order valence-electron chi connectivity index (χ3n) is 5.67. The van der Waals surface area contributed by atoms with E-state index in [1.807, 2.05) is 12.1 Å². The lowest BCUT2D eigenvalue weighted by atomic mass is 10.0. The minimum Gasteiger partial charge on any atom is -0.497 e. The van der Waals surface area contributed by atoms with E-state index >= 15 is 0 Å². The highest BCUT2D eigenvalue weighted by atomic mass is 32.1. The van der Waals surface area contributed by atoms with Crippen LogP contribution < -0.4 is 15.4 Å². The summed E-state index contributed by atoms with van der Waals surface area (Å²) in [7, 11) is 1.70. The highest BCUT2D eigenvalue weighted by Gasteiger charge is 2.27. The van der Waals surface area contributed by atoms with Crippen molar-refractivity contribution in [1.29, 1.82) is 0 Å². The van der Waals surface area contributed by atoms with Gasteiger partial charge in [-0.05, 0) is 49.2 Å². The van der Waals surface area contributed by atoms with Crippen molar-refractivity contribution in [2.24, 2.45) is 4.99 Å². The molecule has 1 aromatic heterocycles. The molecular formula is C24H26N4OS. The fourth-order valence-electron chi connectivity index (χ4n) is 4.19. The van der Waals surface area contributed by atoms with Gasteiger partial charge in [-0.15, -0.1) is 11.3 Å². The van der Waals surface area contributed by atoms with Crippen LogP contribution in [-0.4, -0.2) is 43.5 Å². The van der Waals surface area contributed by atoms with E-state index in [0.717, 1.165) is 49.0 Å². The molecule has 154 valence electrons. The van der Waals surface area contributed by atoms with E-state index in [1.165, 1.54) is 21.0 Å². The van der Waals surface area contributed by atoms with Crippen LogP contribution in [0, 0.1) is 6.92 Å². The first-order valence-corrected chi connectivity index (χ1v) is 11.2. The molecular weight excluding hydrogens is 392 g/mol. The largest absolute Gasteiger partial charge is 0.497 e. The topological polar surface area (TPSA) is 48.9 Å². The fraction of sp³-hybridized carbons (Fsp3) is 0.292. The van der Waals surface area contributed by atoms with Gasteiger partial charge in [0.2, 0.25) is 0 Å². The Balaban J connectivity index is 1.42. The molecule has 30 heavy (non-hydrogen) atoms. The zero-order valence-electron chi connectivity index (χ0n) is 17.3. The molecule has 0 spiro atoms. The zero-order chi connectivity index (χ0) is 20.5. The van der Waals surface area contributed by atoms with Crippen LogP contribution in [0.5, 0.6) is 5.75 Å². The molecule has 0 amide bonds. The second kappa shape index (κ2) is 8.13. The standard InChI is InChI=1S/C24H26N4OS/c1-16-13-20-23(26-21-5-3-4-6-22(21)27-24(20)30-16)28-12-11-25-18(15-28)14-17-7-9-19(29-2)10-8-17/h3-10,13,18,25,27H,11-12,14-15H2,1-2H3/t18-/m0/s1. The summed E-state index contributed by atoms with van der Waals surface area (Å²) in [5.74, 6) is 1.98. The summed E-state index contributed by atoms with van der Waals surface area (Å²) in [6.45, 7) is 5.00. The maximum atomic E-state index is 5.29. The van der Waals surface area contributed by atoms with Crippen LogP contribution in [0.15, 0.2) is 59.6 Å². The average molecular weight is 419 g/mol. The maximum Gasteiger partial charge on any atom is 0.139 e. The van der Waals surface area contributed by atoms with E-state index < -0.39 is 0 Å². The number of ether oxygens (including phenoxy) is 1. The number of aliphatic imine (C=N–C) groups is 1. The summed E-state index contributed by atoms with van der Waals surface area (Å²) in [6, 6.07) is 19.3. The van der Waals surface area contributed by atoms with Crippen LogP contribution in [0.25, 0.3) is 0 Å². The van der Waals surface area contributed by atoms with E-state index in [2.05, 4.69) is 64.9 Å². The highest BCUT2D eigenvalue weighted by molar-refractivity contribution is 7.16. The number of hydrogen-bond acceptors (Lipinski definition) is 6. The molecule has 0 bridgehead atoms. The second-order valence-electron chi connectivity index (χ2n) is 7.83. The molecule has 0 aliphatic carbocycles. The van der Waals surface area contributed by atoms with E-state index in [-0.39, 0.29) is 0 Å². The molecule has 3 aromatic rings. The van der Waals surface area contributed by atoms with Gasteiger partial charge in [0.25, 0.3) is 0 Å². The van der Waals surface area contributed by atoms with Crippen LogP contribution in [0.2, 0.25) is 0 Å². The number of thiophene rings is 1. The maximum absolute atomic E-state index is 5.29. The van der Waals surface area contributed by atoms with Crippen molar-refractivity contribution in [3.63, 3.8) is 0 Å². The van der Waals surface area contributed by atoms with Crippen molar-refractivity contribution >= 4 is 33.5 Å². The Morgan fingerprint density at radius 1 is 1.17 bits per heavy atom. The Morgan fingerprint density at radius 2 is 2.00 bits per heavy atom. The number of anilines is 2. The van der Waals surface area contributed by atoms with E-state index in [4.69, 9.17) is 9.73 Å². The minimum absolute atomic E-state index is 0.379. The summed E-state index contributed by atoms with van der Waals surface area (Å²) in [4.78, 5) is 8.86. The molecule has 0 unspecified atom stereocenters. The molecule has 3 heterocycles. The Kier molecular flexibility index (Phi) is 5.19. The number of nitrogens with one attached hydrogen (secondary N) is 2. The molecule has 1 atom stereocenters. The van der Waals surface area contributed by atoms with E-state index in [9.17, 15) is 0 Å². The molecule has 5 rings (SSSR count). The minimum atomic E-state index is 0.379. The molecule has 6 heteroatoms. The smallest absolute Gasteiger partial charge is 0.139 e. The third kappa shape index (κ3) is 3.80. The number of fused-ring (bicyclic) bond motifs is 2. The molecule has 2 aromatic carbocycles. The van der Waals surface area contributed by atoms with Gasteiger partial charge < -0.3 is 20.3 Å². The first-order valence-electron chi connectivity index (χ1n) is 10.4. The van der Waals surface area contributed by atoms with Crippen molar-refractivity contribution in [3.8, 4) is 5.75 Å². The first-order chi connectivity index (χ1) is 14.7. The van der Waals surface area contributed by atoms with Gasteiger partial charge in [0, 0.05) is 30.6 Å². The van der Waals surface area contributed by atoms with Gasteiger partial charge in [-0.3, -0.25) is 0 Å². The second-order valence-corrected chi connectivity index (χ2v) is 9.08. The number of benzene rings is 2. The number of piperazine rings is 1. The van der Waals surface area contributed by atoms with Gasteiger partial charge in [-0.2, -0.15) is 0 Å². The number of methoxy groups -OCH3 is 1. The summed E-state index contributed by atoms with van der Waals surface area (Å²) >= 11 is 1.80. The average Bonchev–Trinajstić information content (AvgIpc) is 3.06. The van der Waals surface area contributed by atoms with Gasteiger partial charge in [-0.1, -0.05) is 24.3 Å². The zero-order valence-corrected chi connectivity index (χ0v) is 18.1. The Morgan fingerprint density at radius 3 is 2.83 bits per heavy atom. The van der Waals surface area contributed by atoms with E-state index in [1.54, 1.807) is 18.4 Å². The van der Waals surface area contributed by atoms with Gasteiger partial charge in [0.1, 0.15) is 16.6 Å². The molecule has 2 aliphatic rings. The summed E-state index contributed by atoms with van der Waals surface area (Å²) < 4.78 is 5.29. The molecule has 0 radical (unpaired) electrons. The van der Waals surface area contributed by atoms with Crippen LogP contribution in [-0.2, 0) is 6.42 Å². The lowest BCUT2D eigenvalue weighted by Gasteiger charge is -2.36.